The molecule has 0 fully saturated rings. The molecule has 0 saturated carbocycles. The summed E-state index contributed by atoms with van der Waals surface area (Å²) < 4.78 is 10.5. The van der Waals surface area contributed by atoms with E-state index in [9.17, 15) is 0 Å². The summed E-state index contributed by atoms with van der Waals surface area (Å²) in [5, 5.41) is 0. The number of hydrogen-bond donors (Lipinski definition) is 0. The van der Waals surface area contributed by atoms with Gasteiger partial charge in [-0.15, -0.1) is 24.6 Å². The molecular weight excluding hydrogens is 256 g/mol. The first-order valence-corrected chi connectivity index (χ1v) is 4.10. The zero-order valence-corrected chi connectivity index (χ0v) is 11.3. The third kappa shape index (κ3) is 7.53. The minimum Gasteiger partial charge on any atom is -1.00 e. The fourth-order valence-corrected chi connectivity index (χ4v) is 0.831. The molecule has 0 radical (unpaired) electrons. The molecule has 4 heteroatoms. The second kappa shape index (κ2) is 11.2. The van der Waals surface area contributed by atoms with Crippen LogP contribution in [0.25, 0.3) is 0 Å². The van der Waals surface area contributed by atoms with Gasteiger partial charge in [0.25, 0.3) is 0 Å². The Morgan fingerprint density at radius 2 is 2.21 bits per heavy atom. The molecule has 0 aromatic heterocycles. The van der Waals surface area contributed by atoms with E-state index in [1.54, 1.807) is 0 Å². The predicted molar refractivity (Wildman–Crippen MR) is 53.2 cm³/mol. The first-order valence-electron chi connectivity index (χ1n) is 4.10. The molecule has 0 amide bonds. The molecule has 0 heterocycles. The zero-order valence-electron chi connectivity index (χ0n) is 8.33. The van der Waals surface area contributed by atoms with Gasteiger partial charge in [-0.25, -0.2) is 0 Å². The second-order valence-electron chi connectivity index (χ2n) is 2.28. The Bertz CT molecular complexity index is 220. The molecule has 0 unspecified atom stereocenters. The molecule has 1 aliphatic carbocycles. The molecule has 74 valence electrons. The van der Waals surface area contributed by atoms with Crippen LogP contribution in [0.2, 0.25) is 0 Å². The summed E-state index contributed by atoms with van der Waals surface area (Å²) in [5.74, 6) is 0.869. The van der Waals surface area contributed by atoms with E-state index in [1.807, 2.05) is 31.6 Å². The first-order chi connectivity index (χ1) is 5.93. The molecule has 0 spiro atoms. The minimum absolute atomic E-state index is 0. The maximum absolute atomic E-state index is 5.36. The summed E-state index contributed by atoms with van der Waals surface area (Å²) in [7, 11) is 0. The summed E-state index contributed by atoms with van der Waals surface area (Å²) in [4.78, 5) is 0. The molecule has 0 aromatic rings. The van der Waals surface area contributed by atoms with E-state index in [0.717, 1.165) is 12.4 Å². The number of hydrogen-bond acceptors (Lipinski definition) is 2. The zero-order chi connectivity index (χ0) is 8.65. The van der Waals surface area contributed by atoms with E-state index >= 15 is 0 Å². The van der Waals surface area contributed by atoms with Crippen LogP contribution >= 0.6 is 0 Å². The number of rotatable bonds is 5. The van der Waals surface area contributed by atoms with Crippen molar-refractivity contribution in [1.29, 1.82) is 0 Å². The SMILES string of the molecule is CCOCCOC1=CC=C=C[CH-]1.[Br-].[Mg+2]. The molecule has 0 N–H and O–H groups in total. The van der Waals surface area contributed by atoms with E-state index in [2.05, 4.69) is 5.73 Å². The minimum atomic E-state index is 0. The quantitative estimate of drug-likeness (QED) is 0.261. The monoisotopic (exact) mass is 268 g/mol. The smallest absolute Gasteiger partial charge is 1.00 e. The Morgan fingerprint density at radius 3 is 2.79 bits per heavy atom. The maximum Gasteiger partial charge on any atom is 2.00 e. The van der Waals surface area contributed by atoms with E-state index < -0.39 is 0 Å². The van der Waals surface area contributed by atoms with Gasteiger partial charge in [0, 0.05) is 12.4 Å². The van der Waals surface area contributed by atoms with Gasteiger partial charge >= 0.3 is 23.1 Å². The number of allylic oxidation sites excluding steroid dienone is 2. The predicted octanol–water partition coefficient (Wildman–Crippen LogP) is -1.52. The van der Waals surface area contributed by atoms with Gasteiger partial charge in [0.15, 0.2) is 0 Å². The first kappa shape index (κ1) is 16.6. The standard InChI is InChI=1S/C10H13O2.BrH.Mg/c1-2-11-8-9-12-10-6-4-3-5-7-10;;/h4-7H,2,8-9H2,1H3;1H;/q-1;;+2/p-1. The van der Waals surface area contributed by atoms with Gasteiger partial charge in [0.05, 0.1) is 6.61 Å². The van der Waals surface area contributed by atoms with Gasteiger partial charge in [-0.1, -0.05) is 0 Å². The molecule has 0 bridgehead atoms. The Kier molecular flexibility index (Phi) is 13.3. The second-order valence-corrected chi connectivity index (χ2v) is 2.28. The van der Waals surface area contributed by atoms with Crippen LogP contribution < -0.4 is 17.0 Å². The normalized spacial score (nSPS) is 11.9. The van der Waals surface area contributed by atoms with Crippen molar-refractivity contribution < 1.29 is 26.5 Å². The Morgan fingerprint density at radius 1 is 1.43 bits per heavy atom. The van der Waals surface area contributed by atoms with Crippen molar-refractivity contribution in [3.05, 3.63) is 36.1 Å². The van der Waals surface area contributed by atoms with Crippen molar-refractivity contribution in [2.45, 2.75) is 6.92 Å². The average Bonchev–Trinajstić information content (AvgIpc) is 2.14. The van der Waals surface area contributed by atoms with Gasteiger partial charge in [-0.05, 0) is 6.92 Å². The fourth-order valence-electron chi connectivity index (χ4n) is 0.831. The van der Waals surface area contributed by atoms with Crippen LogP contribution in [-0.2, 0) is 9.47 Å². The third-order valence-corrected chi connectivity index (χ3v) is 1.39. The van der Waals surface area contributed by atoms with Gasteiger partial charge in [0.2, 0.25) is 0 Å². The van der Waals surface area contributed by atoms with Crippen LogP contribution in [0.1, 0.15) is 6.92 Å². The molecule has 0 aromatic carbocycles. The Balaban J connectivity index is 0. The summed E-state index contributed by atoms with van der Waals surface area (Å²) in [6.45, 7) is 3.97. The topological polar surface area (TPSA) is 18.5 Å². The van der Waals surface area contributed by atoms with Crippen LogP contribution in [0.3, 0.4) is 0 Å². The summed E-state index contributed by atoms with van der Waals surface area (Å²) >= 11 is 0. The number of halogens is 1. The van der Waals surface area contributed by atoms with Crippen molar-refractivity contribution in [3.8, 4) is 0 Å². The Hall–Kier alpha value is 0.136. The van der Waals surface area contributed by atoms with Gasteiger partial charge in [-0.3, -0.25) is 5.73 Å². The summed E-state index contributed by atoms with van der Waals surface area (Å²) in [6, 6.07) is 0. The van der Waals surface area contributed by atoms with E-state index in [1.165, 1.54) is 0 Å². The van der Waals surface area contributed by atoms with Crippen molar-refractivity contribution >= 4 is 23.1 Å². The maximum atomic E-state index is 5.36. The van der Waals surface area contributed by atoms with Crippen LogP contribution in [0, 0.1) is 6.42 Å². The molecule has 0 atom stereocenters. The summed E-state index contributed by atoms with van der Waals surface area (Å²) in [5.41, 5.74) is 2.92. The van der Waals surface area contributed by atoms with Crippen molar-refractivity contribution in [2.75, 3.05) is 19.8 Å². The molecule has 14 heavy (non-hydrogen) atoms. The largest absolute Gasteiger partial charge is 2.00 e. The summed E-state index contributed by atoms with van der Waals surface area (Å²) in [6.07, 6.45) is 7.42. The number of ether oxygens (including phenoxy) is 2. The third-order valence-electron chi connectivity index (χ3n) is 1.39. The van der Waals surface area contributed by atoms with Crippen molar-refractivity contribution in [2.24, 2.45) is 0 Å². The van der Waals surface area contributed by atoms with Crippen molar-refractivity contribution in [3.63, 3.8) is 0 Å². The molecule has 0 aliphatic heterocycles. The van der Waals surface area contributed by atoms with Crippen molar-refractivity contribution in [1.82, 2.24) is 0 Å². The van der Waals surface area contributed by atoms with Gasteiger partial charge in [-0.2, -0.15) is 0 Å². The van der Waals surface area contributed by atoms with E-state index in [4.69, 9.17) is 9.47 Å². The van der Waals surface area contributed by atoms with E-state index in [-0.39, 0.29) is 40.0 Å². The van der Waals surface area contributed by atoms with E-state index in [0.29, 0.717) is 13.2 Å². The van der Waals surface area contributed by atoms with Crippen LogP contribution in [0.4, 0.5) is 0 Å². The Labute approximate surface area is 112 Å². The van der Waals surface area contributed by atoms with Crippen LogP contribution in [-0.4, -0.2) is 42.9 Å². The molecule has 1 rings (SSSR count). The van der Waals surface area contributed by atoms with Crippen LogP contribution in [0.15, 0.2) is 29.7 Å². The molecule has 2 nitrogen and oxygen atoms in total. The molecular formula is C10H13BrMgO2. The average molecular weight is 269 g/mol. The molecule has 1 aliphatic rings. The van der Waals surface area contributed by atoms with Crippen LogP contribution in [0.5, 0.6) is 0 Å². The molecule has 0 saturated heterocycles. The van der Waals surface area contributed by atoms with Gasteiger partial charge in [0.1, 0.15) is 6.61 Å². The van der Waals surface area contributed by atoms with Gasteiger partial charge < -0.3 is 26.5 Å². The fraction of sp³-hybridized carbons (Fsp3) is 0.400.